The largest absolute Gasteiger partial charge is 0.392 e. The van der Waals surface area contributed by atoms with Gasteiger partial charge in [0.15, 0.2) is 0 Å². The van der Waals surface area contributed by atoms with Gasteiger partial charge >= 0.3 is 0 Å². The van der Waals surface area contributed by atoms with Crippen LogP contribution in [0.3, 0.4) is 0 Å². The van der Waals surface area contributed by atoms with E-state index in [1.807, 2.05) is 11.9 Å². The fraction of sp³-hybridized carbons (Fsp3) is 0.231. The zero-order chi connectivity index (χ0) is 13.1. The molecule has 1 aromatic heterocycles. The Labute approximate surface area is 118 Å². The van der Waals surface area contributed by atoms with Gasteiger partial charge in [-0.3, -0.25) is 0 Å². The molecule has 2 rings (SSSR count). The maximum absolute atomic E-state index is 13.1. The average molecular weight is 330 g/mol. The number of benzene rings is 1. The van der Waals surface area contributed by atoms with E-state index in [1.165, 1.54) is 17.7 Å². The Kier molecular flexibility index (Phi) is 4.37. The molecular weight excluding hydrogens is 317 g/mol. The normalized spacial score (nSPS) is 10.7. The molecule has 0 radical (unpaired) electrons. The monoisotopic (exact) mass is 329 g/mol. The zero-order valence-corrected chi connectivity index (χ0v) is 12.3. The molecule has 0 aliphatic rings. The van der Waals surface area contributed by atoms with Gasteiger partial charge in [-0.1, -0.05) is 0 Å². The third kappa shape index (κ3) is 3.10. The molecule has 0 bridgehead atoms. The van der Waals surface area contributed by atoms with Crippen LogP contribution in [0.1, 0.15) is 11.1 Å². The van der Waals surface area contributed by atoms with Gasteiger partial charge in [-0.2, -0.15) is 0 Å². The van der Waals surface area contributed by atoms with Crippen LogP contribution < -0.4 is 4.90 Å². The Morgan fingerprint density at radius 1 is 1.39 bits per heavy atom. The quantitative estimate of drug-likeness (QED) is 0.922. The van der Waals surface area contributed by atoms with Crippen LogP contribution in [0.15, 0.2) is 33.4 Å². The van der Waals surface area contributed by atoms with Gasteiger partial charge in [0.05, 0.1) is 10.4 Å². The van der Waals surface area contributed by atoms with Crippen LogP contribution in [0.25, 0.3) is 0 Å². The van der Waals surface area contributed by atoms with Crippen LogP contribution in [0.5, 0.6) is 0 Å². The molecule has 1 aromatic carbocycles. The summed E-state index contributed by atoms with van der Waals surface area (Å²) in [4.78, 5) is 2.00. The Morgan fingerprint density at radius 2 is 2.17 bits per heavy atom. The second-order valence-corrected chi connectivity index (χ2v) is 6.34. The van der Waals surface area contributed by atoms with E-state index in [2.05, 4.69) is 27.4 Å². The van der Waals surface area contributed by atoms with Crippen LogP contribution in [0.4, 0.5) is 10.1 Å². The molecule has 0 aliphatic heterocycles. The second-order valence-electron chi connectivity index (χ2n) is 4.05. The molecule has 0 aliphatic carbocycles. The summed E-state index contributed by atoms with van der Waals surface area (Å²) < 4.78 is 14.2. The van der Waals surface area contributed by atoms with Crippen LogP contribution in [0.2, 0.25) is 0 Å². The van der Waals surface area contributed by atoms with Gasteiger partial charge in [0, 0.05) is 24.8 Å². The lowest BCUT2D eigenvalue weighted by Crippen LogP contribution is -2.17. The van der Waals surface area contributed by atoms with E-state index >= 15 is 0 Å². The van der Waals surface area contributed by atoms with Crippen molar-refractivity contribution in [3.05, 3.63) is 50.4 Å². The molecular formula is C13H13BrFNOS. The number of anilines is 1. The van der Waals surface area contributed by atoms with Crippen molar-refractivity contribution in [2.45, 2.75) is 13.2 Å². The molecule has 0 unspecified atom stereocenters. The van der Waals surface area contributed by atoms with Gasteiger partial charge in [-0.05, 0) is 51.1 Å². The lowest BCUT2D eigenvalue weighted by atomic mass is 10.1. The van der Waals surface area contributed by atoms with E-state index in [0.717, 1.165) is 16.0 Å². The third-order valence-corrected chi connectivity index (χ3v) is 4.22. The predicted octanol–water partition coefficient (Wildman–Crippen LogP) is 3.78. The first-order valence-corrected chi connectivity index (χ1v) is 7.10. The van der Waals surface area contributed by atoms with E-state index in [-0.39, 0.29) is 12.4 Å². The van der Waals surface area contributed by atoms with E-state index in [1.54, 1.807) is 17.4 Å². The Balaban J connectivity index is 2.20. The molecule has 2 aromatic rings. The molecule has 0 amide bonds. The van der Waals surface area contributed by atoms with E-state index < -0.39 is 0 Å². The van der Waals surface area contributed by atoms with Crippen molar-refractivity contribution in [1.82, 2.24) is 0 Å². The summed E-state index contributed by atoms with van der Waals surface area (Å²) in [5, 5.41) is 11.3. The summed E-state index contributed by atoms with van der Waals surface area (Å²) >= 11 is 5.06. The lowest BCUT2D eigenvalue weighted by molar-refractivity contribution is 0.281. The summed E-state index contributed by atoms with van der Waals surface area (Å²) in [6.45, 7) is 0.561. The van der Waals surface area contributed by atoms with Crippen LogP contribution >= 0.6 is 27.3 Å². The molecule has 1 heterocycles. The summed E-state index contributed by atoms with van der Waals surface area (Å²) in [5.41, 5.74) is 2.63. The standard InChI is InChI=1S/C13H13BrFNOS/c1-16(6-9-4-13(14)18-8-9)12-3-2-11(15)5-10(12)7-17/h2-5,8,17H,6-7H2,1H3. The highest BCUT2D eigenvalue weighted by Gasteiger charge is 2.09. The Bertz CT molecular complexity index is 544. The van der Waals surface area contributed by atoms with E-state index in [9.17, 15) is 9.50 Å². The van der Waals surface area contributed by atoms with Crippen molar-refractivity contribution in [2.24, 2.45) is 0 Å². The topological polar surface area (TPSA) is 23.5 Å². The number of aliphatic hydroxyl groups is 1. The van der Waals surface area contributed by atoms with Gasteiger partial charge in [0.2, 0.25) is 0 Å². The molecule has 18 heavy (non-hydrogen) atoms. The number of thiophene rings is 1. The van der Waals surface area contributed by atoms with Crippen LogP contribution in [-0.2, 0) is 13.2 Å². The molecule has 96 valence electrons. The highest BCUT2D eigenvalue weighted by Crippen LogP contribution is 2.25. The number of rotatable bonds is 4. The Hall–Kier alpha value is -0.910. The van der Waals surface area contributed by atoms with Crippen LogP contribution in [-0.4, -0.2) is 12.2 Å². The predicted molar refractivity (Wildman–Crippen MR) is 76.4 cm³/mol. The minimum atomic E-state index is -0.325. The molecule has 0 saturated heterocycles. The molecule has 0 spiro atoms. The number of aliphatic hydroxyl groups excluding tert-OH is 1. The van der Waals surface area contributed by atoms with Crippen molar-refractivity contribution in [1.29, 1.82) is 0 Å². The first-order valence-electron chi connectivity index (χ1n) is 5.43. The van der Waals surface area contributed by atoms with Gasteiger partial charge < -0.3 is 10.0 Å². The SMILES string of the molecule is CN(Cc1csc(Br)c1)c1ccc(F)cc1CO. The molecule has 5 heteroatoms. The fourth-order valence-electron chi connectivity index (χ4n) is 1.84. The lowest BCUT2D eigenvalue weighted by Gasteiger charge is -2.21. The maximum atomic E-state index is 13.1. The smallest absolute Gasteiger partial charge is 0.123 e. The minimum Gasteiger partial charge on any atom is -0.392 e. The number of halogens is 2. The van der Waals surface area contributed by atoms with Crippen LogP contribution in [0, 0.1) is 5.82 Å². The first-order chi connectivity index (χ1) is 8.60. The number of nitrogens with zero attached hydrogens (tertiary/aromatic N) is 1. The molecule has 0 atom stereocenters. The van der Waals surface area contributed by atoms with E-state index in [4.69, 9.17) is 0 Å². The van der Waals surface area contributed by atoms with Gasteiger partial charge in [0.1, 0.15) is 5.82 Å². The highest BCUT2D eigenvalue weighted by atomic mass is 79.9. The minimum absolute atomic E-state index is 0.162. The summed E-state index contributed by atoms with van der Waals surface area (Å²) in [7, 11) is 1.93. The van der Waals surface area contributed by atoms with Crippen molar-refractivity contribution >= 4 is 33.0 Å². The molecule has 2 nitrogen and oxygen atoms in total. The van der Waals surface area contributed by atoms with Crippen molar-refractivity contribution < 1.29 is 9.50 Å². The number of hydrogen-bond donors (Lipinski definition) is 1. The fourth-order valence-corrected chi connectivity index (χ4v) is 3.04. The van der Waals surface area contributed by atoms with Gasteiger partial charge in [-0.15, -0.1) is 11.3 Å². The number of hydrogen-bond acceptors (Lipinski definition) is 3. The molecule has 0 fully saturated rings. The van der Waals surface area contributed by atoms with Gasteiger partial charge in [-0.25, -0.2) is 4.39 Å². The summed E-state index contributed by atoms with van der Waals surface area (Å²) in [6.07, 6.45) is 0. The van der Waals surface area contributed by atoms with Gasteiger partial charge in [0.25, 0.3) is 0 Å². The Morgan fingerprint density at radius 3 is 2.78 bits per heavy atom. The third-order valence-electron chi connectivity index (χ3n) is 2.66. The first kappa shape index (κ1) is 13.5. The van der Waals surface area contributed by atoms with E-state index in [0.29, 0.717) is 5.56 Å². The summed E-state index contributed by atoms with van der Waals surface area (Å²) in [6, 6.07) is 6.54. The maximum Gasteiger partial charge on any atom is 0.123 e. The second kappa shape index (κ2) is 5.82. The zero-order valence-electron chi connectivity index (χ0n) is 9.86. The summed E-state index contributed by atoms with van der Waals surface area (Å²) in [5.74, 6) is -0.325. The average Bonchev–Trinajstić information content (AvgIpc) is 2.74. The van der Waals surface area contributed by atoms with Crippen molar-refractivity contribution in [3.8, 4) is 0 Å². The molecule has 0 saturated carbocycles. The van der Waals surface area contributed by atoms with Crippen molar-refractivity contribution in [3.63, 3.8) is 0 Å². The molecule has 1 N–H and O–H groups in total. The van der Waals surface area contributed by atoms with Crippen molar-refractivity contribution in [2.75, 3.05) is 11.9 Å². The highest BCUT2D eigenvalue weighted by molar-refractivity contribution is 9.11.